The van der Waals surface area contributed by atoms with E-state index in [2.05, 4.69) is 21.1 Å². The number of hydrogen-bond acceptors (Lipinski definition) is 6. The van der Waals surface area contributed by atoms with Crippen molar-refractivity contribution < 1.29 is 22.7 Å². The van der Waals surface area contributed by atoms with Crippen LogP contribution in [0.4, 0.5) is 5.69 Å². The SMILES string of the molecule is CC(C)=CC1C(C(=O)OCC(=O)Nc2cccc(S(=O)(=O)NC3=NCCC3)c2)C1(C)C. The number of aliphatic imine (C=N–C) groups is 1. The summed E-state index contributed by atoms with van der Waals surface area (Å²) in [5, 5.41) is 2.58. The van der Waals surface area contributed by atoms with Gasteiger partial charge in [0.15, 0.2) is 6.61 Å². The Bertz CT molecular complexity index is 1040. The predicted octanol–water partition coefficient (Wildman–Crippen LogP) is 2.88. The molecule has 2 atom stereocenters. The lowest BCUT2D eigenvalue weighted by Crippen LogP contribution is -2.29. The molecule has 0 bridgehead atoms. The monoisotopic (exact) mass is 447 g/mol. The van der Waals surface area contributed by atoms with Crippen LogP contribution in [0.25, 0.3) is 0 Å². The van der Waals surface area contributed by atoms with Gasteiger partial charge in [-0.05, 0) is 49.8 Å². The lowest BCUT2D eigenvalue weighted by Gasteiger charge is -2.10. The maximum atomic E-state index is 12.5. The smallest absolute Gasteiger partial charge is 0.310 e. The average Bonchev–Trinajstić information content (AvgIpc) is 3.01. The summed E-state index contributed by atoms with van der Waals surface area (Å²) >= 11 is 0. The van der Waals surface area contributed by atoms with Gasteiger partial charge in [-0.3, -0.25) is 19.3 Å². The summed E-state index contributed by atoms with van der Waals surface area (Å²) in [6, 6.07) is 5.89. The van der Waals surface area contributed by atoms with Gasteiger partial charge in [-0.1, -0.05) is 31.6 Å². The molecule has 0 radical (unpaired) electrons. The summed E-state index contributed by atoms with van der Waals surface area (Å²) < 4.78 is 32.7. The Balaban J connectivity index is 1.56. The summed E-state index contributed by atoms with van der Waals surface area (Å²) in [6.45, 7) is 8.14. The van der Waals surface area contributed by atoms with Crippen LogP contribution in [-0.2, 0) is 24.3 Å². The first kappa shape index (κ1) is 23.0. The average molecular weight is 448 g/mol. The van der Waals surface area contributed by atoms with E-state index in [0.29, 0.717) is 24.5 Å². The summed E-state index contributed by atoms with van der Waals surface area (Å²) in [5.74, 6) is -0.662. The fourth-order valence-corrected chi connectivity index (χ4v) is 4.93. The van der Waals surface area contributed by atoms with E-state index in [1.165, 1.54) is 18.2 Å². The standard InChI is InChI=1S/C22H29N3O5S/c1-14(2)11-17-20(22(17,3)4)21(27)30-13-19(26)24-15-7-5-8-16(12-15)31(28,29)25-18-9-6-10-23-18/h5,7-8,11-12,17,20H,6,9-10,13H2,1-4H3,(H,23,25)(H,24,26). The van der Waals surface area contributed by atoms with Gasteiger partial charge in [0, 0.05) is 18.7 Å². The zero-order valence-corrected chi connectivity index (χ0v) is 19.1. The summed E-state index contributed by atoms with van der Waals surface area (Å²) in [5.41, 5.74) is 1.24. The molecule has 1 heterocycles. The minimum atomic E-state index is -3.78. The van der Waals surface area contributed by atoms with Crippen molar-refractivity contribution in [2.75, 3.05) is 18.5 Å². The van der Waals surface area contributed by atoms with Crippen molar-refractivity contribution in [2.45, 2.75) is 45.4 Å². The number of rotatable bonds is 7. The molecule has 2 N–H and O–H groups in total. The normalized spacial score (nSPS) is 21.6. The second-order valence-corrected chi connectivity index (χ2v) is 10.5. The Hall–Kier alpha value is -2.68. The van der Waals surface area contributed by atoms with Crippen LogP contribution in [0.3, 0.4) is 0 Å². The highest BCUT2D eigenvalue weighted by molar-refractivity contribution is 7.90. The molecule has 2 aliphatic rings. The van der Waals surface area contributed by atoms with Gasteiger partial charge in [0.1, 0.15) is 5.84 Å². The molecule has 1 saturated carbocycles. The topological polar surface area (TPSA) is 114 Å². The largest absolute Gasteiger partial charge is 0.455 e. The number of allylic oxidation sites excluding steroid dienone is 2. The van der Waals surface area contributed by atoms with E-state index in [4.69, 9.17) is 4.74 Å². The first-order chi connectivity index (χ1) is 14.5. The fraction of sp³-hybridized carbons (Fsp3) is 0.500. The van der Waals surface area contributed by atoms with Crippen LogP contribution in [0.15, 0.2) is 45.8 Å². The number of carbonyl (C=O) groups is 2. The van der Waals surface area contributed by atoms with Crippen molar-refractivity contribution in [3.63, 3.8) is 0 Å². The molecule has 1 aromatic rings. The number of nitrogens with one attached hydrogen (secondary N) is 2. The molecule has 0 aromatic heterocycles. The Labute approximate surface area is 183 Å². The van der Waals surface area contributed by atoms with Gasteiger partial charge in [0.05, 0.1) is 10.8 Å². The maximum absolute atomic E-state index is 12.5. The van der Waals surface area contributed by atoms with Crippen molar-refractivity contribution in [1.29, 1.82) is 0 Å². The lowest BCUT2D eigenvalue weighted by molar-refractivity contribution is -0.149. The highest BCUT2D eigenvalue weighted by Gasteiger charge is 2.61. The van der Waals surface area contributed by atoms with Gasteiger partial charge >= 0.3 is 5.97 Å². The first-order valence-corrected chi connectivity index (χ1v) is 11.8. The second kappa shape index (κ2) is 8.82. The first-order valence-electron chi connectivity index (χ1n) is 10.3. The zero-order valence-electron chi connectivity index (χ0n) is 18.3. The number of anilines is 1. The molecular weight excluding hydrogens is 418 g/mol. The van der Waals surface area contributed by atoms with E-state index >= 15 is 0 Å². The number of esters is 1. The third-order valence-corrected chi connectivity index (χ3v) is 6.96. The fourth-order valence-electron chi connectivity index (χ4n) is 3.80. The Morgan fingerprint density at radius 3 is 2.68 bits per heavy atom. The van der Waals surface area contributed by atoms with Crippen LogP contribution < -0.4 is 10.0 Å². The molecule has 1 aromatic carbocycles. The molecule has 2 unspecified atom stereocenters. The summed E-state index contributed by atoms with van der Waals surface area (Å²) in [4.78, 5) is 28.8. The number of amides is 1. The molecule has 8 nitrogen and oxygen atoms in total. The van der Waals surface area contributed by atoms with Crippen molar-refractivity contribution in [1.82, 2.24) is 4.72 Å². The van der Waals surface area contributed by atoms with Gasteiger partial charge < -0.3 is 10.1 Å². The number of sulfonamides is 1. The molecule has 31 heavy (non-hydrogen) atoms. The molecule has 1 aliphatic carbocycles. The van der Waals surface area contributed by atoms with E-state index in [1.807, 2.05) is 27.7 Å². The molecular formula is C22H29N3O5S. The highest BCUT2D eigenvalue weighted by atomic mass is 32.2. The Morgan fingerprint density at radius 2 is 2.03 bits per heavy atom. The van der Waals surface area contributed by atoms with Crippen LogP contribution in [0.2, 0.25) is 0 Å². The molecule has 1 aliphatic heterocycles. The third-order valence-electron chi connectivity index (χ3n) is 5.58. The van der Waals surface area contributed by atoms with Crippen molar-refractivity contribution in [2.24, 2.45) is 22.2 Å². The zero-order chi connectivity index (χ0) is 22.8. The number of amidine groups is 1. The number of hydrogen-bond donors (Lipinski definition) is 2. The van der Waals surface area contributed by atoms with E-state index in [-0.39, 0.29) is 22.1 Å². The molecule has 168 valence electrons. The number of benzene rings is 1. The maximum Gasteiger partial charge on any atom is 0.310 e. The number of ether oxygens (including phenoxy) is 1. The van der Waals surface area contributed by atoms with Crippen molar-refractivity contribution in [3.05, 3.63) is 35.9 Å². The number of carbonyl (C=O) groups excluding carboxylic acids is 2. The van der Waals surface area contributed by atoms with Crippen LogP contribution in [-0.4, -0.2) is 39.3 Å². The van der Waals surface area contributed by atoms with E-state index in [1.54, 1.807) is 6.07 Å². The minimum absolute atomic E-state index is 0.0150. The molecule has 1 fully saturated rings. The van der Waals surface area contributed by atoms with Crippen molar-refractivity contribution >= 4 is 33.4 Å². The molecule has 9 heteroatoms. The minimum Gasteiger partial charge on any atom is -0.455 e. The third kappa shape index (κ3) is 5.52. The Kier molecular flexibility index (Phi) is 6.54. The predicted molar refractivity (Wildman–Crippen MR) is 118 cm³/mol. The lowest BCUT2D eigenvalue weighted by atomic mass is 10.1. The molecule has 3 rings (SSSR count). The summed E-state index contributed by atoms with van der Waals surface area (Å²) in [6.07, 6.45) is 3.47. The van der Waals surface area contributed by atoms with Gasteiger partial charge in [-0.15, -0.1) is 0 Å². The summed E-state index contributed by atoms with van der Waals surface area (Å²) in [7, 11) is -3.78. The van der Waals surface area contributed by atoms with Crippen molar-refractivity contribution in [3.8, 4) is 0 Å². The van der Waals surface area contributed by atoms with Crippen LogP contribution >= 0.6 is 0 Å². The molecule has 0 saturated heterocycles. The van der Waals surface area contributed by atoms with Crippen LogP contribution in [0, 0.1) is 17.3 Å². The number of nitrogens with zero attached hydrogens (tertiary/aromatic N) is 1. The van der Waals surface area contributed by atoms with Gasteiger partial charge in [-0.2, -0.15) is 0 Å². The van der Waals surface area contributed by atoms with Crippen LogP contribution in [0.5, 0.6) is 0 Å². The highest BCUT2D eigenvalue weighted by Crippen LogP contribution is 2.59. The molecule has 1 amide bonds. The van der Waals surface area contributed by atoms with Gasteiger partial charge in [0.25, 0.3) is 15.9 Å². The molecule has 0 spiro atoms. The van der Waals surface area contributed by atoms with Gasteiger partial charge in [0.2, 0.25) is 0 Å². The second-order valence-electron chi connectivity index (χ2n) is 8.79. The Morgan fingerprint density at radius 1 is 1.29 bits per heavy atom. The van der Waals surface area contributed by atoms with E-state index in [9.17, 15) is 18.0 Å². The quantitative estimate of drug-likeness (QED) is 0.493. The van der Waals surface area contributed by atoms with Crippen LogP contribution in [0.1, 0.15) is 40.5 Å². The van der Waals surface area contributed by atoms with E-state index < -0.39 is 28.5 Å². The van der Waals surface area contributed by atoms with E-state index in [0.717, 1.165) is 12.0 Å². The van der Waals surface area contributed by atoms with Gasteiger partial charge in [-0.25, -0.2) is 8.42 Å².